The van der Waals surface area contributed by atoms with Gasteiger partial charge in [-0.2, -0.15) is 0 Å². The van der Waals surface area contributed by atoms with E-state index >= 15 is 0 Å². The van der Waals surface area contributed by atoms with Gasteiger partial charge in [-0.25, -0.2) is 0 Å². The second-order valence-corrected chi connectivity index (χ2v) is 5.95. The standard InChI is InChI=1S/C11H16BrNO2S/c1-7-8(12)5-10(16-7)11(13-2)9-6-14-3-4-15-9/h5,9,11,13H,3-4,6H2,1-2H3. The Morgan fingerprint density at radius 2 is 2.38 bits per heavy atom. The van der Waals surface area contributed by atoms with Gasteiger partial charge in [0.25, 0.3) is 0 Å². The van der Waals surface area contributed by atoms with E-state index in [1.807, 2.05) is 7.05 Å². The van der Waals surface area contributed by atoms with Crippen LogP contribution in [0.3, 0.4) is 0 Å². The molecule has 1 aliphatic heterocycles. The van der Waals surface area contributed by atoms with E-state index < -0.39 is 0 Å². The lowest BCUT2D eigenvalue weighted by atomic mass is 10.1. The first-order valence-electron chi connectivity index (χ1n) is 5.35. The number of hydrogen-bond acceptors (Lipinski definition) is 4. The summed E-state index contributed by atoms with van der Waals surface area (Å²) in [4.78, 5) is 2.59. The number of likely N-dealkylation sites (N-methyl/N-ethyl adjacent to an activating group) is 1. The first-order chi connectivity index (χ1) is 7.72. The molecule has 1 fully saturated rings. The first-order valence-corrected chi connectivity index (χ1v) is 6.95. The first kappa shape index (κ1) is 12.5. The van der Waals surface area contributed by atoms with Crippen LogP contribution in [0.15, 0.2) is 10.5 Å². The van der Waals surface area contributed by atoms with Gasteiger partial charge in [0.2, 0.25) is 0 Å². The molecule has 1 saturated heterocycles. The van der Waals surface area contributed by atoms with Crippen molar-refractivity contribution >= 4 is 27.3 Å². The van der Waals surface area contributed by atoms with E-state index in [-0.39, 0.29) is 12.1 Å². The van der Waals surface area contributed by atoms with Crippen LogP contribution in [0.25, 0.3) is 0 Å². The second-order valence-electron chi connectivity index (χ2n) is 3.80. The lowest BCUT2D eigenvalue weighted by molar-refractivity contribution is -0.101. The van der Waals surface area contributed by atoms with E-state index in [0.29, 0.717) is 19.8 Å². The minimum atomic E-state index is 0.115. The zero-order chi connectivity index (χ0) is 11.5. The summed E-state index contributed by atoms with van der Waals surface area (Å²) in [6.45, 7) is 4.18. The molecule has 0 radical (unpaired) electrons. The van der Waals surface area contributed by atoms with Crippen molar-refractivity contribution in [3.8, 4) is 0 Å². The summed E-state index contributed by atoms with van der Waals surface area (Å²) >= 11 is 5.34. The molecule has 2 unspecified atom stereocenters. The Hall–Kier alpha value is 0.0600. The van der Waals surface area contributed by atoms with Crippen LogP contribution in [0.4, 0.5) is 0 Å². The minimum absolute atomic E-state index is 0.115. The van der Waals surface area contributed by atoms with Crippen LogP contribution in [-0.4, -0.2) is 33.0 Å². The van der Waals surface area contributed by atoms with E-state index in [1.165, 1.54) is 14.2 Å². The van der Waals surface area contributed by atoms with E-state index in [2.05, 4.69) is 34.2 Å². The molecular weight excluding hydrogens is 290 g/mol. The molecule has 0 spiro atoms. The zero-order valence-electron chi connectivity index (χ0n) is 9.46. The lowest BCUT2D eigenvalue weighted by Gasteiger charge is -2.29. The summed E-state index contributed by atoms with van der Waals surface area (Å²) in [5.74, 6) is 0. The molecule has 90 valence electrons. The SMILES string of the molecule is CNC(c1cc(Br)c(C)s1)C1COCCO1. The van der Waals surface area contributed by atoms with Crippen LogP contribution in [0.2, 0.25) is 0 Å². The van der Waals surface area contributed by atoms with Crippen molar-refractivity contribution in [1.82, 2.24) is 5.32 Å². The number of nitrogens with one attached hydrogen (secondary N) is 1. The van der Waals surface area contributed by atoms with Crippen LogP contribution in [0.5, 0.6) is 0 Å². The van der Waals surface area contributed by atoms with Crippen molar-refractivity contribution in [2.24, 2.45) is 0 Å². The van der Waals surface area contributed by atoms with Gasteiger partial charge in [-0.05, 0) is 36.0 Å². The highest BCUT2D eigenvalue weighted by atomic mass is 79.9. The highest BCUT2D eigenvalue weighted by Gasteiger charge is 2.26. The highest BCUT2D eigenvalue weighted by Crippen LogP contribution is 2.33. The van der Waals surface area contributed by atoms with Crippen molar-refractivity contribution in [2.45, 2.75) is 19.1 Å². The molecule has 0 aliphatic carbocycles. The minimum Gasteiger partial charge on any atom is -0.376 e. The molecule has 1 aliphatic rings. The predicted molar refractivity (Wildman–Crippen MR) is 69.1 cm³/mol. The fraction of sp³-hybridized carbons (Fsp3) is 0.636. The third-order valence-electron chi connectivity index (χ3n) is 2.71. The van der Waals surface area contributed by atoms with Crippen molar-refractivity contribution in [3.05, 3.63) is 20.3 Å². The Bertz CT molecular complexity index is 330. The molecule has 1 N–H and O–H groups in total. The molecule has 0 aromatic carbocycles. The molecule has 1 aromatic heterocycles. The summed E-state index contributed by atoms with van der Waals surface area (Å²) < 4.78 is 12.4. The molecule has 2 heterocycles. The Balaban J connectivity index is 2.14. The number of rotatable bonds is 3. The van der Waals surface area contributed by atoms with Gasteiger partial charge in [-0.3, -0.25) is 0 Å². The topological polar surface area (TPSA) is 30.5 Å². The lowest BCUT2D eigenvalue weighted by Crippen LogP contribution is -2.38. The molecule has 16 heavy (non-hydrogen) atoms. The molecule has 0 bridgehead atoms. The van der Waals surface area contributed by atoms with Crippen LogP contribution < -0.4 is 5.32 Å². The molecule has 3 nitrogen and oxygen atoms in total. The van der Waals surface area contributed by atoms with E-state index in [4.69, 9.17) is 9.47 Å². The Labute approximate surface area is 108 Å². The number of hydrogen-bond donors (Lipinski definition) is 1. The van der Waals surface area contributed by atoms with Gasteiger partial charge in [0.05, 0.1) is 25.9 Å². The monoisotopic (exact) mass is 305 g/mol. The maximum Gasteiger partial charge on any atom is 0.101 e. The number of thiophene rings is 1. The van der Waals surface area contributed by atoms with Gasteiger partial charge < -0.3 is 14.8 Å². The average Bonchev–Trinajstić information content (AvgIpc) is 2.61. The Kier molecular flexibility index (Phi) is 4.38. The molecule has 2 atom stereocenters. The maximum atomic E-state index is 5.74. The van der Waals surface area contributed by atoms with Gasteiger partial charge >= 0.3 is 0 Å². The number of ether oxygens (including phenoxy) is 2. The largest absolute Gasteiger partial charge is 0.376 e. The zero-order valence-corrected chi connectivity index (χ0v) is 11.9. The van der Waals surface area contributed by atoms with E-state index in [1.54, 1.807) is 11.3 Å². The maximum absolute atomic E-state index is 5.74. The summed E-state index contributed by atoms with van der Waals surface area (Å²) in [7, 11) is 1.96. The van der Waals surface area contributed by atoms with Gasteiger partial charge in [-0.15, -0.1) is 11.3 Å². The van der Waals surface area contributed by atoms with Crippen LogP contribution in [0.1, 0.15) is 15.8 Å². The highest BCUT2D eigenvalue weighted by molar-refractivity contribution is 9.10. The van der Waals surface area contributed by atoms with E-state index in [0.717, 1.165) is 0 Å². The average molecular weight is 306 g/mol. The fourth-order valence-corrected chi connectivity index (χ4v) is 3.57. The molecule has 5 heteroatoms. The second kappa shape index (κ2) is 5.60. The molecule has 0 amide bonds. The number of halogens is 1. The van der Waals surface area contributed by atoms with Gasteiger partial charge in [-0.1, -0.05) is 0 Å². The van der Waals surface area contributed by atoms with Gasteiger partial charge in [0, 0.05) is 14.2 Å². The van der Waals surface area contributed by atoms with Gasteiger partial charge in [0.1, 0.15) is 6.10 Å². The summed E-state index contributed by atoms with van der Waals surface area (Å²) in [5.41, 5.74) is 0. The Morgan fingerprint density at radius 3 is 2.88 bits per heavy atom. The molecule has 0 saturated carbocycles. The molecular formula is C11H16BrNO2S. The van der Waals surface area contributed by atoms with Crippen molar-refractivity contribution in [1.29, 1.82) is 0 Å². The van der Waals surface area contributed by atoms with Crippen molar-refractivity contribution in [3.63, 3.8) is 0 Å². The van der Waals surface area contributed by atoms with Crippen molar-refractivity contribution in [2.75, 3.05) is 26.9 Å². The van der Waals surface area contributed by atoms with Crippen LogP contribution >= 0.6 is 27.3 Å². The normalized spacial score (nSPS) is 23.3. The fourth-order valence-electron chi connectivity index (χ4n) is 1.84. The summed E-state index contributed by atoms with van der Waals surface area (Å²) in [6.07, 6.45) is 0.115. The van der Waals surface area contributed by atoms with Crippen molar-refractivity contribution < 1.29 is 9.47 Å². The smallest absolute Gasteiger partial charge is 0.101 e. The molecule has 1 aromatic rings. The van der Waals surface area contributed by atoms with E-state index in [9.17, 15) is 0 Å². The summed E-state index contributed by atoms with van der Waals surface area (Å²) in [5, 5.41) is 3.31. The molecule has 2 rings (SSSR count). The Morgan fingerprint density at radius 1 is 1.56 bits per heavy atom. The third-order valence-corrected chi connectivity index (χ3v) is 4.93. The number of aryl methyl sites for hydroxylation is 1. The predicted octanol–water partition coefficient (Wildman–Crippen LogP) is 2.49. The third kappa shape index (κ3) is 2.65. The van der Waals surface area contributed by atoms with Crippen LogP contribution in [-0.2, 0) is 9.47 Å². The quantitative estimate of drug-likeness (QED) is 0.931. The van der Waals surface area contributed by atoms with Gasteiger partial charge in [0.15, 0.2) is 0 Å². The summed E-state index contributed by atoms with van der Waals surface area (Å²) in [6, 6.07) is 2.38. The van der Waals surface area contributed by atoms with Crippen LogP contribution in [0, 0.1) is 6.92 Å².